The van der Waals surface area contributed by atoms with E-state index in [1.54, 1.807) is 0 Å². The minimum atomic E-state index is 0.495. The van der Waals surface area contributed by atoms with E-state index in [9.17, 15) is 0 Å². The van der Waals surface area contributed by atoms with Gasteiger partial charge < -0.3 is 10.2 Å². The van der Waals surface area contributed by atoms with Crippen LogP contribution < -0.4 is 5.73 Å². The van der Waals surface area contributed by atoms with Crippen molar-refractivity contribution in [1.29, 1.82) is 0 Å². The molecule has 1 aromatic rings. The van der Waals surface area contributed by atoms with Crippen LogP contribution in [0, 0.1) is 6.92 Å². The summed E-state index contributed by atoms with van der Waals surface area (Å²) in [5.74, 6) is 1.97. The van der Waals surface area contributed by atoms with Gasteiger partial charge in [-0.15, -0.1) is 0 Å². The van der Waals surface area contributed by atoms with Gasteiger partial charge in [-0.1, -0.05) is 13.8 Å². The maximum atomic E-state index is 5.76. The van der Waals surface area contributed by atoms with E-state index < -0.39 is 0 Å². The maximum Gasteiger partial charge on any atom is 0.120 e. The van der Waals surface area contributed by atoms with E-state index in [2.05, 4.69) is 43.5 Å². The first-order valence-electron chi connectivity index (χ1n) is 6.24. The molecule has 96 valence electrons. The van der Waals surface area contributed by atoms with Gasteiger partial charge in [0.1, 0.15) is 11.5 Å². The lowest BCUT2D eigenvalue weighted by molar-refractivity contribution is 0.239. The second-order valence-electron chi connectivity index (χ2n) is 4.97. The summed E-state index contributed by atoms with van der Waals surface area (Å²) in [6.45, 7) is 10.4. The van der Waals surface area contributed by atoms with Crippen LogP contribution in [-0.2, 0) is 13.1 Å². The molecule has 0 bridgehead atoms. The van der Waals surface area contributed by atoms with Crippen molar-refractivity contribution in [3.05, 3.63) is 23.2 Å². The lowest BCUT2D eigenvalue weighted by atomic mass is 10.2. The molecule has 0 spiro atoms. The van der Waals surface area contributed by atoms with Crippen molar-refractivity contribution < 1.29 is 4.42 Å². The fourth-order valence-electron chi connectivity index (χ4n) is 2.50. The Bertz CT molecular complexity index is 367. The van der Waals surface area contributed by atoms with Gasteiger partial charge in [0.25, 0.3) is 0 Å². The maximum absolute atomic E-state index is 5.76. The minimum absolute atomic E-state index is 0.495. The molecule has 1 aliphatic heterocycles. The summed E-state index contributed by atoms with van der Waals surface area (Å²) in [5, 5.41) is 1.42. The molecule has 1 fully saturated rings. The smallest absolute Gasteiger partial charge is 0.120 e. The highest BCUT2D eigenvalue weighted by atomic mass is 32.2. The van der Waals surface area contributed by atoms with Crippen LogP contribution in [0.1, 0.15) is 30.9 Å². The fraction of sp³-hybridized carbons (Fsp3) is 0.692. The molecule has 4 heteroatoms. The highest BCUT2D eigenvalue weighted by Gasteiger charge is 2.23. The molecule has 17 heavy (non-hydrogen) atoms. The molecule has 0 aromatic carbocycles. The third-order valence-corrected chi connectivity index (χ3v) is 4.36. The fourth-order valence-corrected chi connectivity index (χ4v) is 3.89. The quantitative estimate of drug-likeness (QED) is 0.899. The average Bonchev–Trinajstić information content (AvgIpc) is 2.57. The van der Waals surface area contributed by atoms with Crippen LogP contribution in [0.4, 0.5) is 0 Å². The van der Waals surface area contributed by atoms with Crippen molar-refractivity contribution in [3.63, 3.8) is 0 Å². The molecular formula is C13H22N2OS. The largest absolute Gasteiger partial charge is 0.463 e. The Hall–Kier alpha value is -0.450. The van der Waals surface area contributed by atoms with E-state index in [0.29, 0.717) is 17.0 Å². The van der Waals surface area contributed by atoms with Gasteiger partial charge in [-0.05, 0) is 18.6 Å². The Labute approximate surface area is 108 Å². The van der Waals surface area contributed by atoms with E-state index >= 15 is 0 Å². The van der Waals surface area contributed by atoms with Gasteiger partial charge in [-0.2, -0.15) is 11.8 Å². The second kappa shape index (κ2) is 5.46. The van der Waals surface area contributed by atoms with Crippen LogP contribution in [0.2, 0.25) is 0 Å². The normalized spacial score (nSPS) is 26.4. The van der Waals surface area contributed by atoms with Crippen LogP contribution in [-0.4, -0.2) is 28.5 Å². The number of aryl methyl sites for hydroxylation is 1. The van der Waals surface area contributed by atoms with E-state index in [-0.39, 0.29) is 0 Å². The molecule has 1 aliphatic rings. The summed E-state index contributed by atoms with van der Waals surface area (Å²) in [7, 11) is 0. The summed E-state index contributed by atoms with van der Waals surface area (Å²) in [6.07, 6.45) is 0. The van der Waals surface area contributed by atoms with Gasteiger partial charge in [0.2, 0.25) is 0 Å². The van der Waals surface area contributed by atoms with Crippen molar-refractivity contribution in [1.82, 2.24) is 4.90 Å². The van der Waals surface area contributed by atoms with Gasteiger partial charge in [0, 0.05) is 23.6 Å². The van der Waals surface area contributed by atoms with Crippen LogP contribution in [0.25, 0.3) is 0 Å². The Morgan fingerprint density at radius 2 is 2.06 bits per heavy atom. The number of furan rings is 1. The summed E-state index contributed by atoms with van der Waals surface area (Å²) in [6, 6.07) is 2.12. The molecule has 2 N–H and O–H groups in total. The molecule has 2 heterocycles. The summed E-state index contributed by atoms with van der Waals surface area (Å²) < 4.78 is 5.76. The molecule has 0 aliphatic carbocycles. The number of thioether (sulfide) groups is 1. The molecular weight excluding hydrogens is 232 g/mol. The Balaban J connectivity index is 1.99. The van der Waals surface area contributed by atoms with Crippen molar-refractivity contribution in [2.24, 2.45) is 5.73 Å². The van der Waals surface area contributed by atoms with Crippen molar-refractivity contribution >= 4 is 11.8 Å². The van der Waals surface area contributed by atoms with Crippen molar-refractivity contribution in [2.75, 3.05) is 13.1 Å². The SMILES string of the molecule is Cc1cc(CN2CC(C)SC(C)C2)oc1CN. The molecule has 1 saturated heterocycles. The minimum Gasteiger partial charge on any atom is -0.463 e. The first-order valence-corrected chi connectivity index (χ1v) is 7.19. The molecule has 3 nitrogen and oxygen atoms in total. The highest BCUT2D eigenvalue weighted by molar-refractivity contribution is 8.00. The molecule has 2 atom stereocenters. The molecule has 0 saturated carbocycles. The topological polar surface area (TPSA) is 42.4 Å². The summed E-state index contributed by atoms with van der Waals surface area (Å²) in [5.41, 5.74) is 6.81. The molecule has 2 unspecified atom stereocenters. The van der Waals surface area contributed by atoms with E-state index in [0.717, 1.165) is 31.2 Å². The van der Waals surface area contributed by atoms with E-state index in [4.69, 9.17) is 10.2 Å². The zero-order valence-electron chi connectivity index (χ0n) is 10.9. The summed E-state index contributed by atoms with van der Waals surface area (Å²) in [4.78, 5) is 2.48. The number of nitrogens with two attached hydrogens (primary N) is 1. The number of hydrogen-bond donors (Lipinski definition) is 1. The lowest BCUT2D eigenvalue weighted by Crippen LogP contribution is -2.39. The zero-order valence-corrected chi connectivity index (χ0v) is 11.7. The van der Waals surface area contributed by atoms with Crippen molar-refractivity contribution in [2.45, 2.75) is 44.4 Å². The zero-order chi connectivity index (χ0) is 12.4. The average molecular weight is 254 g/mol. The van der Waals surface area contributed by atoms with Crippen LogP contribution in [0.3, 0.4) is 0 Å². The van der Waals surface area contributed by atoms with Crippen LogP contribution >= 0.6 is 11.8 Å². The standard InChI is InChI=1S/C13H22N2OS/c1-9-4-12(16-13(9)5-14)8-15-6-10(2)17-11(3)7-15/h4,10-11H,5-8,14H2,1-3H3. The monoisotopic (exact) mass is 254 g/mol. The van der Waals surface area contributed by atoms with Crippen LogP contribution in [0.5, 0.6) is 0 Å². The molecule has 0 amide bonds. The predicted octanol–water partition coefficient (Wildman–Crippen LogP) is 2.37. The predicted molar refractivity (Wildman–Crippen MR) is 73.1 cm³/mol. The van der Waals surface area contributed by atoms with Gasteiger partial charge >= 0.3 is 0 Å². The Morgan fingerprint density at radius 1 is 1.41 bits per heavy atom. The first-order chi connectivity index (χ1) is 8.08. The molecule has 1 aromatic heterocycles. The molecule has 2 rings (SSSR count). The third-order valence-electron chi connectivity index (χ3n) is 3.13. The van der Waals surface area contributed by atoms with E-state index in [1.165, 1.54) is 5.56 Å². The lowest BCUT2D eigenvalue weighted by Gasteiger charge is -2.33. The highest BCUT2D eigenvalue weighted by Crippen LogP contribution is 2.26. The summed E-state index contributed by atoms with van der Waals surface area (Å²) >= 11 is 2.08. The van der Waals surface area contributed by atoms with Crippen LogP contribution in [0.15, 0.2) is 10.5 Å². The Kier molecular flexibility index (Phi) is 4.17. The van der Waals surface area contributed by atoms with Crippen molar-refractivity contribution in [3.8, 4) is 0 Å². The van der Waals surface area contributed by atoms with Gasteiger partial charge in [-0.3, -0.25) is 4.90 Å². The van der Waals surface area contributed by atoms with Gasteiger partial charge in [-0.25, -0.2) is 0 Å². The number of nitrogens with zero attached hydrogens (tertiary/aromatic N) is 1. The number of rotatable bonds is 3. The van der Waals surface area contributed by atoms with Gasteiger partial charge in [0.05, 0.1) is 13.1 Å². The number of hydrogen-bond acceptors (Lipinski definition) is 4. The molecule has 0 radical (unpaired) electrons. The second-order valence-corrected chi connectivity index (χ2v) is 6.86. The van der Waals surface area contributed by atoms with Gasteiger partial charge in [0.15, 0.2) is 0 Å². The first kappa shape index (κ1) is 13.0. The Morgan fingerprint density at radius 3 is 2.59 bits per heavy atom. The van der Waals surface area contributed by atoms with E-state index in [1.807, 2.05) is 0 Å². The third kappa shape index (κ3) is 3.27.